The minimum absolute atomic E-state index is 0. The van der Waals surface area contributed by atoms with Crippen LogP contribution in [0.5, 0.6) is 0 Å². The van der Waals surface area contributed by atoms with Crippen molar-refractivity contribution in [1.29, 1.82) is 0 Å². The average molecular weight is 394 g/mol. The quantitative estimate of drug-likeness (QED) is 0.858. The van der Waals surface area contributed by atoms with Crippen molar-refractivity contribution in [2.24, 2.45) is 5.92 Å². The maximum absolute atomic E-state index is 13.1. The Kier molecular flexibility index (Phi) is 6.93. The number of piperazine rings is 1. The first-order chi connectivity index (χ1) is 11.0. The highest BCUT2D eigenvalue weighted by atomic mass is 35.5. The Morgan fingerprint density at radius 3 is 2.58 bits per heavy atom. The van der Waals surface area contributed by atoms with Crippen molar-refractivity contribution in [2.45, 2.75) is 25.8 Å². The van der Waals surface area contributed by atoms with E-state index in [9.17, 15) is 8.42 Å². The molecular weight excluding hydrogens is 369 g/mol. The number of halogens is 2. The summed E-state index contributed by atoms with van der Waals surface area (Å²) in [5, 5.41) is 3.93. The van der Waals surface area contributed by atoms with Crippen molar-refractivity contribution in [2.75, 3.05) is 32.7 Å². The van der Waals surface area contributed by atoms with Gasteiger partial charge in [-0.05, 0) is 36.5 Å². The average Bonchev–Trinajstić information content (AvgIpc) is 2.55. The Morgan fingerprint density at radius 1 is 1.21 bits per heavy atom. The number of nitrogens with one attached hydrogen (secondary N) is 1. The Labute approximate surface area is 155 Å². The number of rotatable bonds is 3. The van der Waals surface area contributed by atoms with Gasteiger partial charge in [-0.3, -0.25) is 0 Å². The third-order valence-corrected chi connectivity index (χ3v) is 7.08. The topological polar surface area (TPSA) is 52.7 Å². The van der Waals surface area contributed by atoms with Gasteiger partial charge in [0.2, 0.25) is 0 Å². The Morgan fingerprint density at radius 2 is 1.92 bits per heavy atom. The van der Waals surface area contributed by atoms with E-state index in [0.717, 1.165) is 18.4 Å². The summed E-state index contributed by atoms with van der Waals surface area (Å²) in [7, 11) is -3.44. The molecule has 0 spiro atoms. The molecule has 24 heavy (non-hydrogen) atoms. The lowest BCUT2D eigenvalue weighted by atomic mass is 10.0. The predicted octanol–water partition coefficient (Wildman–Crippen LogP) is 2.68. The number of hydrogen-bond acceptors (Lipinski definition) is 3. The van der Waals surface area contributed by atoms with E-state index >= 15 is 0 Å². The van der Waals surface area contributed by atoms with Crippen LogP contribution in [0.25, 0.3) is 0 Å². The Balaban J connectivity index is 0.00000208. The number of hydrogen-bond donors (Lipinski definition) is 1. The highest BCUT2D eigenvalue weighted by Crippen LogP contribution is 2.30. The van der Waals surface area contributed by atoms with Crippen LogP contribution in [0.15, 0.2) is 24.3 Å². The van der Waals surface area contributed by atoms with Gasteiger partial charge in [0.05, 0.1) is 6.04 Å². The largest absolute Gasteiger partial charge is 0.313 e. The van der Waals surface area contributed by atoms with Gasteiger partial charge in [0.25, 0.3) is 10.2 Å². The molecule has 0 amide bonds. The molecule has 1 atom stereocenters. The van der Waals surface area contributed by atoms with Crippen molar-refractivity contribution in [1.82, 2.24) is 13.9 Å². The van der Waals surface area contributed by atoms with Gasteiger partial charge in [0, 0.05) is 37.7 Å². The molecule has 2 heterocycles. The molecule has 1 N–H and O–H groups in total. The standard InChI is InChI=1S/C16H24ClN3O2S.ClH/c1-13-5-8-19(9-6-13)23(21,22)20-10-7-18-12-16(20)14-3-2-4-15(17)11-14;/h2-4,11,13,16,18H,5-10,12H2,1H3;1H. The van der Waals surface area contributed by atoms with Gasteiger partial charge in [0.1, 0.15) is 0 Å². The maximum Gasteiger partial charge on any atom is 0.282 e. The smallest absolute Gasteiger partial charge is 0.282 e. The third-order valence-electron chi connectivity index (χ3n) is 4.79. The number of nitrogens with zero attached hydrogens (tertiary/aromatic N) is 2. The first-order valence-electron chi connectivity index (χ1n) is 8.21. The minimum atomic E-state index is -3.44. The van der Waals surface area contributed by atoms with Gasteiger partial charge in [-0.2, -0.15) is 17.0 Å². The highest BCUT2D eigenvalue weighted by Gasteiger charge is 2.38. The summed E-state index contributed by atoms with van der Waals surface area (Å²) in [4.78, 5) is 0. The van der Waals surface area contributed by atoms with E-state index in [1.165, 1.54) is 0 Å². The van der Waals surface area contributed by atoms with Gasteiger partial charge in [-0.25, -0.2) is 0 Å². The van der Waals surface area contributed by atoms with Crippen LogP contribution in [0.4, 0.5) is 0 Å². The van der Waals surface area contributed by atoms with E-state index in [1.54, 1.807) is 8.61 Å². The third kappa shape index (κ3) is 4.23. The highest BCUT2D eigenvalue weighted by molar-refractivity contribution is 7.86. The molecule has 1 unspecified atom stereocenters. The zero-order chi connectivity index (χ0) is 16.4. The summed E-state index contributed by atoms with van der Waals surface area (Å²) < 4.78 is 29.5. The summed E-state index contributed by atoms with van der Waals surface area (Å²) in [6.07, 6.45) is 1.88. The molecule has 2 saturated heterocycles. The summed E-state index contributed by atoms with van der Waals surface area (Å²) in [5.74, 6) is 0.605. The van der Waals surface area contributed by atoms with Crippen molar-refractivity contribution in [3.05, 3.63) is 34.9 Å². The van der Waals surface area contributed by atoms with Crippen LogP contribution in [0.1, 0.15) is 31.4 Å². The molecule has 2 fully saturated rings. The van der Waals surface area contributed by atoms with Gasteiger partial charge in [-0.1, -0.05) is 30.7 Å². The van der Waals surface area contributed by atoms with Crippen LogP contribution >= 0.6 is 24.0 Å². The Hall–Kier alpha value is -0.370. The van der Waals surface area contributed by atoms with Crippen molar-refractivity contribution < 1.29 is 8.42 Å². The van der Waals surface area contributed by atoms with Crippen molar-refractivity contribution >= 4 is 34.2 Å². The lowest BCUT2D eigenvalue weighted by molar-refractivity contribution is 0.223. The van der Waals surface area contributed by atoms with E-state index in [0.29, 0.717) is 43.7 Å². The van der Waals surface area contributed by atoms with Crippen LogP contribution in [0.2, 0.25) is 5.02 Å². The monoisotopic (exact) mass is 393 g/mol. The minimum Gasteiger partial charge on any atom is -0.313 e. The molecule has 5 nitrogen and oxygen atoms in total. The van der Waals surface area contributed by atoms with Crippen LogP contribution < -0.4 is 5.32 Å². The molecule has 0 aliphatic carbocycles. The molecule has 0 aromatic heterocycles. The van der Waals surface area contributed by atoms with Crippen molar-refractivity contribution in [3.8, 4) is 0 Å². The second kappa shape index (κ2) is 8.34. The normalized spacial score (nSPS) is 24.5. The SMILES string of the molecule is CC1CCN(S(=O)(=O)N2CCNCC2c2cccc(Cl)c2)CC1.Cl. The summed E-state index contributed by atoms with van der Waals surface area (Å²) >= 11 is 6.09. The second-order valence-electron chi connectivity index (χ2n) is 6.47. The van der Waals surface area contributed by atoms with Gasteiger partial charge >= 0.3 is 0 Å². The number of piperidine rings is 1. The molecule has 2 aliphatic rings. The fourth-order valence-corrected chi connectivity index (χ4v) is 5.33. The zero-order valence-electron chi connectivity index (χ0n) is 13.8. The first kappa shape index (κ1) is 19.9. The molecule has 3 rings (SSSR count). The van der Waals surface area contributed by atoms with Crippen LogP contribution in [0, 0.1) is 5.92 Å². The molecule has 136 valence electrons. The van der Waals surface area contributed by atoms with E-state index < -0.39 is 10.2 Å². The molecule has 1 aromatic rings. The van der Waals surface area contributed by atoms with E-state index in [4.69, 9.17) is 11.6 Å². The predicted molar refractivity (Wildman–Crippen MR) is 99.9 cm³/mol. The van der Waals surface area contributed by atoms with Gasteiger partial charge < -0.3 is 5.32 Å². The molecule has 0 bridgehead atoms. The van der Waals surface area contributed by atoms with Gasteiger partial charge in [0.15, 0.2) is 0 Å². The molecule has 0 radical (unpaired) electrons. The van der Waals surface area contributed by atoms with E-state index in [1.807, 2.05) is 24.3 Å². The first-order valence-corrected chi connectivity index (χ1v) is 9.99. The zero-order valence-corrected chi connectivity index (χ0v) is 16.2. The van der Waals surface area contributed by atoms with Crippen LogP contribution in [-0.2, 0) is 10.2 Å². The van der Waals surface area contributed by atoms with Gasteiger partial charge in [-0.15, -0.1) is 12.4 Å². The fraction of sp³-hybridized carbons (Fsp3) is 0.625. The molecule has 2 aliphatic heterocycles. The second-order valence-corrected chi connectivity index (χ2v) is 8.79. The maximum atomic E-state index is 13.1. The summed E-state index contributed by atoms with van der Waals surface area (Å²) in [5.41, 5.74) is 0.943. The summed E-state index contributed by atoms with van der Waals surface area (Å²) in [6.45, 7) is 5.21. The van der Waals surface area contributed by atoms with Crippen LogP contribution in [0.3, 0.4) is 0 Å². The number of benzene rings is 1. The molecule has 1 aromatic carbocycles. The molecule has 0 saturated carbocycles. The lowest BCUT2D eigenvalue weighted by Gasteiger charge is -2.40. The van der Waals surface area contributed by atoms with Crippen LogP contribution in [-0.4, -0.2) is 49.8 Å². The molecular formula is C16H25Cl2N3O2S. The Bertz CT molecular complexity index is 648. The van der Waals surface area contributed by atoms with Crippen molar-refractivity contribution in [3.63, 3.8) is 0 Å². The fourth-order valence-electron chi connectivity index (χ4n) is 3.32. The lowest BCUT2D eigenvalue weighted by Crippen LogP contribution is -2.54. The summed E-state index contributed by atoms with van der Waals surface area (Å²) in [6, 6.07) is 7.29. The van der Waals surface area contributed by atoms with E-state index in [2.05, 4.69) is 12.2 Å². The molecule has 8 heteroatoms. The van der Waals surface area contributed by atoms with E-state index in [-0.39, 0.29) is 18.4 Å².